The average Bonchev–Trinajstić information content (AvgIpc) is 2.29. The van der Waals surface area contributed by atoms with Crippen molar-refractivity contribution in [3.63, 3.8) is 0 Å². The minimum atomic E-state index is 0.115. The van der Waals surface area contributed by atoms with Gasteiger partial charge in [-0.2, -0.15) is 5.26 Å². The highest BCUT2D eigenvalue weighted by Gasteiger charge is 2.17. The van der Waals surface area contributed by atoms with E-state index in [1.165, 1.54) is 5.69 Å². The topological polar surface area (TPSA) is 28.7 Å². The van der Waals surface area contributed by atoms with Crippen molar-refractivity contribution in [2.75, 3.05) is 0 Å². The molecular weight excluding hydrogens is 148 g/mol. The Morgan fingerprint density at radius 3 is 2.17 bits per heavy atom. The molecule has 1 heterocycles. The summed E-state index contributed by atoms with van der Waals surface area (Å²) in [5.41, 5.74) is 2.03. The lowest BCUT2D eigenvalue weighted by atomic mass is 9.92. The predicted molar refractivity (Wildman–Crippen MR) is 48.8 cm³/mol. The molecule has 0 saturated carbocycles. The van der Waals surface area contributed by atoms with Gasteiger partial charge in [0.05, 0.1) is 0 Å². The van der Waals surface area contributed by atoms with E-state index in [-0.39, 0.29) is 5.41 Å². The van der Waals surface area contributed by atoms with Gasteiger partial charge in [-0.1, -0.05) is 20.8 Å². The molecule has 2 nitrogen and oxygen atoms in total. The van der Waals surface area contributed by atoms with Crippen LogP contribution in [-0.4, -0.2) is 4.57 Å². The molecule has 0 saturated heterocycles. The van der Waals surface area contributed by atoms with E-state index < -0.39 is 0 Å². The van der Waals surface area contributed by atoms with E-state index in [1.807, 2.05) is 23.7 Å². The first-order valence-electron chi connectivity index (χ1n) is 4.03. The Hall–Kier alpha value is -1.23. The zero-order valence-electron chi connectivity index (χ0n) is 8.05. The molecule has 1 rings (SSSR count). The van der Waals surface area contributed by atoms with Gasteiger partial charge in [-0.15, -0.1) is 0 Å². The van der Waals surface area contributed by atoms with Crippen LogP contribution in [0.3, 0.4) is 0 Å². The second kappa shape index (κ2) is 2.67. The van der Waals surface area contributed by atoms with Gasteiger partial charge in [-0.05, 0) is 12.1 Å². The summed E-state index contributed by atoms with van der Waals surface area (Å²) in [6.07, 6.45) is 0. The minimum Gasteiger partial charge on any atom is -0.339 e. The summed E-state index contributed by atoms with van der Waals surface area (Å²) in [4.78, 5) is 0. The van der Waals surface area contributed by atoms with Gasteiger partial charge in [0.1, 0.15) is 11.8 Å². The molecule has 0 N–H and O–H groups in total. The van der Waals surface area contributed by atoms with Crippen molar-refractivity contribution in [3.05, 3.63) is 23.5 Å². The third-order valence-electron chi connectivity index (χ3n) is 2.00. The SMILES string of the molecule is Cn1c(C#N)ccc1C(C)(C)C. The van der Waals surface area contributed by atoms with E-state index in [2.05, 4.69) is 26.8 Å². The third-order valence-corrected chi connectivity index (χ3v) is 2.00. The fourth-order valence-corrected chi connectivity index (χ4v) is 1.38. The van der Waals surface area contributed by atoms with Crippen molar-refractivity contribution >= 4 is 0 Å². The molecule has 0 amide bonds. The maximum Gasteiger partial charge on any atom is 0.120 e. The predicted octanol–water partition coefficient (Wildman–Crippen LogP) is 2.19. The van der Waals surface area contributed by atoms with E-state index in [1.54, 1.807) is 0 Å². The lowest BCUT2D eigenvalue weighted by Crippen LogP contribution is -2.16. The van der Waals surface area contributed by atoms with Gasteiger partial charge >= 0.3 is 0 Å². The first-order chi connectivity index (χ1) is 5.46. The zero-order chi connectivity index (χ0) is 9.35. The number of hydrogen-bond donors (Lipinski definition) is 0. The maximum absolute atomic E-state index is 8.73. The molecule has 1 aromatic heterocycles. The summed E-state index contributed by atoms with van der Waals surface area (Å²) in [6.45, 7) is 6.43. The summed E-state index contributed by atoms with van der Waals surface area (Å²) in [7, 11) is 1.93. The molecule has 0 unspecified atom stereocenters. The van der Waals surface area contributed by atoms with Crippen molar-refractivity contribution in [2.24, 2.45) is 7.05 Å². The molecule has 0 fully saturated rings. The standard InChI is InChI=1S/C10H14N2/c1-10(2,3)9-6-5-8(7-11)12(9)4/h5-6H,1-4H3. The van der Waals surface area contributed by atoms with Crippen molar-refractivity contribution in [3.8, 4) is 6.07 Å². The fourth-order valence-electron chi connectivity index (χ4n) is 1.38. The highest BCUT2D eigenvalue weighted by molar-refractivity contribution is 5.29. The normalized spacial score (nSPS) is 11.2. The van der Waals surface area contributed by atoms with Crippen molar-refractivity contribution < 1.29 is 0 Å². The highest BCUT2D eigenvalue weighted by Crippen LogP contribution is 2.23. The monoisotopic (exact) mass is 162 g/mol. The van der Waals surface area contributed by atoms with Crippen LogP contribution >= 0.6 is 0 Å². The van der Waals surface area contributed by atoms with Gasteiger partial charge in [0.2, 0.25) is 0 Å². The minimum absolute atomic E-state index is 0.115. The summed E-state index contributed by atoms with van der Waals surface area (Å²) < 4.78 is 1.94. The lowest BCUT2D eigenvalue weighted by molar-refractivity contribution is 0.541. The van der Waals surface area contributed by atoms with Gasteiger partial charge in [0, 0.05) is 18.2 Å². The van der Waals surface area contributed by atoms with Crippen molar-refractivity contribution in [1.29, 1.82) is 5.26 Å². The molecule has 64 valence electrons. The summed E-state index contributed by atoms with van der Waals surface area (Å²) in [6, 6.07) is 6.02. The number of aromatic nitrogens is 1. The zero-order valence-corrected chi connectivity index (χ0v) is 8.05. The number of hydrogen-bond acceptors (Lipinski definition) is 1. The van der Waals surface area contributed by atoms with Gasteiger partial charge in [0.15, 0.2) is 0 Å². The van der Waals surface area contributed by atoms with Crippen LogP contribution in [0.15, 0.2) is 12.1 Å². The van der Waals surface area contributed by atoms with E-state index in [4.69, 9.17) is 5.26 Å². The van der Waals surface area contributed by atoms with Crippen LogP contribution in [0.5, 0.6) is 0 Å². The number of rotatable bonds is 0. The maximum atomic E-state index is 8.73. The van der Waals surface area contributed by atoms with Crippen LogP contribution in [0.1, 0.15) is 32.2 Å². The average molecular weight is 162 g/mol. The van der Waals surface area contributed by atoms with Gasteiger partial charge < -0.3 is 4.57 Å². The second-order valence-corrected chi connectivity index (χ2v) is 4.02. The molecule has 0 aliphatic heterocycles. The molecule has 0 atom stereocenters. The number of nitrogens with zero attached hydrogens (tertiary/aromatic N) is 2. The molecule has 1 aromatic rings. The van der Waals surface area contributed by atoms with Crippen LogP contribution in [0, 0.1) is 11.3 Å². The Kier molecular flexibility index (Phi) is 1.97. The molecule has 0 bridgehead atoms. The first-order valence-corrected chi connectivity index (χ1v) is 4.03. The third kappa shape index (κ3) is 1.35. The van der Waals surface area contributed by atoms with E-state index in [0.717, 1.165) is 5.69 Å². The lowest BCUT2D eigenvalue weighted by Gasteiger charge is -2.19. The summed E-state index contributed by atoms with van der Waals surface area (Å²) >= 11 is 0. The Balaban J connectivity index is 3.22. The van der Waals surface area contributed by atoms with E-state index in [0.29, 0.717) is 0 Å². The first kappa shape index (κ1) is 8.86. The summed E-state index contributed by atoms with van der Waals surface area (Å²) in [5.74, 6) is 0. The quantitative estimate of drug-likeness (QED) is 0.575. The number of nitriles is 1. The Morgan fingerprint density at radius 1 is 1.33 bits per heavy atom. The van der Waals surface area contributed by atoms with Crippen LogP contribution in [0.25, 0.3) is 0 Å². The largest absolute Gasteiger partial charge is 0.339 e. The molecule has 0 spiro atoms. The second-order valence-electron chi connectivity index (χ2n) is 4.02. The Bertz CT molecular complexity index is 321. The molecule has 0 radical (unpaired) electrons. The molecule has 0 aliphatic rings. The van der Waals surface area contributed by atoms with Gasteiger partial charge in [-0.25, -0.2) is 0 Å². The van der Waals surface area contributed by atoms with Crippen LogP contribution in [0.2, 0.25) is 0 Å². The van der Waals surface area contributed by atoms with Crippen LogP contribution < -0.4 is 0 Å². The Labute approximate surface area is 73.4 Å². The molecular formula is C10H14N2. The molecule has 0 aromatic carbocycles. The van der Waals surface area contributed by atoms with Crippen LogP contribution in [0.4, 0.5) is 0 Å². The highest BCUT2D eigenvalue weighted by atomic mass is 15.0. The summed E-state index contributed by atoms with van der Waals surface area (Å²) in [5, 5.41) is 8.73. The van der Waals surface area contributed by atoms with Gasteiger partial charge in [-0.3, -0.25) is 0 Å². The Morgan fingerprint density at radius 2 is 1.92 bits per heavy atom. The smallest absolute Gasteiger partial charge is 0.120 e. The van der Waals surface area contributed by atoms with E-state index >= 15 is 0 Å². The van der Waals surface area contributed by atoms with E-state index in [9.17, 15) is 0 Å². The van der Waals surface area contributed by atoms with Crippen molar-refractivity contribution in [1.82, 2.24) is 4.57 Å². The van der Waals surface area contributed by atoms with Crippen LogP contribution in [-0.2, 0) is 12.5 Å². The fraction of sp³-hybridized carbons (Fsp3) is 0.500. The van der Waals surface area contributed by atoms with Gasteiger partial charge in [0.25, 0.3) is 0 Å². The molecule has 12 heavy (non-hydrogen) atoms. The molecule has 2 heteroatoms. The van der Waals surface area contributed by atoms with Crippen molar-refractivity contribution in [2.45, 2.75) is 26.2 Å². The molecule has 0 aliphatic carbocycles.